The summed E-state index contributed by atoms with van der Waals surface area (Å²) in [6.45, 7) is 2.33. The van der Waals surface area contributed by atoms with E-state index in [2.05, 4.69) is 4.90 Å². The fourth-order valence-electron chi connectivity index (χ4n) is 3.51. The van der Waals surface area contributed by atoms with Crippen LogP contribution >= 0.6 is 0 Å². The molecular weight excluding hydrogens is 330 g/mol. The Labute approximate surface area is 152 Å². The molecule has 1 heterocycles. The number of para-hydroxylation sites is 1. The van der Waals surface area contributed by atoms with E-state index in [1.165, 1.54) is 4.90 Å². The molecule has 1 unspecified atom stereocenters. The largest absolute Gasteiger partial charge is 0.465 e. The van der Waals surface area contributed by atoms with Gasteiger partial charge in [-0.1, -0.05) is 30.3 Å². The maximum atomic E-state index is 12.0. The standard InChI is InChI=1S/C20H23N3O3/c1-22-10-9-14(12-22)13-23(20(25)26)18-8-3-2-7-17(18)15-5-4-6-16(11-15)19(21)24/h2-8,11,14H,9-10,12-13H2,1H3,(H2,21,24)(H,25,26). The van der Waals surface area contributed by atoms with Crippen LogP contribution in [0.3, 0.4) is 0 Å². The Morgan fingerprint density at radius 2 is 2.00 bits per heavy atom. The Hall–Kier alpha value is -2.86. The third-order valence-corrected chi connectivity index (χ3v) is 4.81. The van der Waals surface area contributed by atoms with Gasteiger partial charge in [-0.2, -0.15) is 0 Å². The number of nitrogens with zero attached hydrogens (tertiary/aromatic N) is 2. The Kier molecular flexibility index (Phi) is 5.23. The molecule has 3 N–H and O–H groups in total. The number of nitrogens with two attached hydrogens (primary N) is 1. The molecule has 1 aliphatic rings. The molecule has 1 fully saturated rings. The third kappa shape index (κ3) is 3.86. The number of carbonyl (C=O) groups is 2. The first-order valence-corrected chi connectivity index (χ1v) is 8.64. The molecule has 0 aliphatic carbocycles. The van der Waals surface area contributed by atoms with Gasteiger partial charge in [0.05, 0.1) is 5.69 Å². The lowest BCUT2D eigenvalue weighted by atomic mass is 9.99. The maximum Gasteiger partial charge on any atom is 0.411 e. The predicted molar refractivity (Wildman–Crippen MR) is 101 cm³/mol. The summed E-state index contributed by atoms with van der Waals surface area (Å²) >= 11 is 0. The second-order valence-electron chi connectivity index (χ2n) is 6.77. The van der Waals surface area contributed by atoms with Gasteiger partial charge in [-0.25, -0.2) is 4.79 Å². The van der Waals surface area contributed by atoms with E-state index >= 15 is 0 Å². The van der Waals surface area contributed by atoms with Crippen molar-refractivity contribution < 1.29 is 14.7 Å². The van der Waals surface area contributed by atoms with Crippen molar-refractivity contribution in [3.63, 3.8) is 0 Å². The minimum atomic E-state index is -0.974. The van der Waals surface area contributed by atoms with Gasteiger partial charge >= 0.3 is 6.09 Å². The van der Waals surface area contributed by atoms with Gasteiger partial charge in [0.1, 0.15) is 0 Å². The zero-order chi connectivity index (χ0) is 18.7. The van der Waals surface area contributed by atoms with Crippen molar-refractivity contribution in [1.29, 1.82) is 0 Å². The highest BCUT2D eigenvalue weighted by Gasteiger charge is 2.26. The smallest absolute Gasteiger partial charge is 0.411 e. The number of amides is 2. The predicted octanol–water partition coefficient (Wildman–Crippen LogP) is 2.89. The van der Waals surface area contributed by atoms with Gasteiger partial charge in [-0.15, -0.1) is 0 Å². The van der Waals surface area contributed by atoms with Crippen molar-refractivity contribution in [3.05, 3.63) is 54.1 Å². The summed E-state index contributed by atoms with van der Waals surface area (Å²) in [7, 11) is 2.05. The number of benzene rings is 2. The fraction of sp³-hybridized carbons (Fsp3) is 0.300. The molecule has 0 spiro atoms. The molecule has 3 rings (SSSR count). The van der Waals surface area contributed by atoms with E-state index in [9.17, 15) is 14.7 Å². The van der Waals surface area contributed by atoms with Crippen molar-refractivity contribution in [1.82, 2.24) is 4.90 Å². The van der Waals surface area contributed by atoms with Crippen LogP contribution in [0.2, 0.25) is 0 Å². The third-order valence-electron chi connectivity index (χ3n) is 4.81. The monoisotopic (exact) mass is 353 g/mol. The van der Waals surface area contributed by atoms with E-state index in [4.69, 9.17) is 5.73 Å². The van der Waals surface area contributed by atoms with Crippen LogP contribution in [-0.4, -0.2) is 48.7 Å². The zero-order valence-electron chi connectivity index (χ0n) is 14.8. The van der Waals surface area contributed by atoms with Gasteiger partial charge in [-0.05, 0) is 49.7 Å². The van der Waals surface area contributed by atoms with E-state index in [1.54, 1.807) is 24.3 Å². The first-order chi connectivity index (χ1) is 12.5. The molecule has 26 heavy (non-hydrogen) atoms. The summed E-state index contributed by atoms with van der Waals surface area (Å²) in [6.07, 6.45) is 0.0117. The Morgan fingerprint density at radius 1 is 1.23 bits per heavy atom. The number of hydrogen-bond acceptors (Lipinski definition) is 3. The van der Waals surface area contributed by atoms with Crippen LogP contribution in [0, 0.1) is 5.92 Å². The first kappa shape index (κ1) is 17.9. The molecular formula is C20H23N3O3. The average molecular weight is 353 g/mol. The summed E-state index contributed by atoms with van der Waals surface area (Å²) in [5, 5.41) is 9.81. The number of likely N-dealkylation sites (tertiary alicyclic amines) is 1. The van der Waals surface area contributed by atoms with E-state index in [0.29, 0.717) is 23.7 Å². The highest BCUT2D eigenvalue weighted by Crippen LogP contribution is 2.32. The molecule has 0 bridgehead atoms. The van der Waals surface area contributed by atoms with Gasteiger partial charge in [-0.3, -0.25) is 9.69 Å². The molecule has 1 saturated heterocycles. The zero-order valence-corrected chi connectivity index (χ0v) is 14.8. The lowest BCUT2D eigenvalue weighted by molar-refractivity contribution is 0.1000. The summed E-state index contributed by atoms with van der Waals surface area (Å²) in [4.78, 5) is 27.1. The molecule has 1 atom stereocenters. The summed E-state index contributed by atoms with van der Waals surface area (Å²) in [5.41, 5.74) is 7.94. The van der Waals surface area contributed by atoms with Crippen LogP contribution in [0.25, 0.3) is 11.1 Å². The molecule has 2 amide bonds. The van der Waals surface area contributed by atoms with Gasteiger partial charge < -0.3 is 15.7 Å². The van der Waals surface area contributed by atoms with E-state index < -0.39 is 12.0 Å². The number of rotatable bonds is 5. The molecule has 0 saturated carbocycles. The van der Waals surface area contributed by atoms with E-state index in [0.717, 1.165) is 30.6 Å². The van der Waals surface area contributed by atoms with Crippen LogP contribution in [0.15, 0.2) is 48.5 Å². The van der Waals surface area contributed by atoms with E-state index in [1.807, 2.05) is 31.3 Å². The van der Waals surface area contributed by atoms with Crippen LogP contribution in [0.1, 0.15) is 16.8 Å². The summed E-state index contributed by atoms with van der Waals surface area (Å²) in [5.74, 6) is -0.200. The molecule has 2 aromatic rings. The normalized spacial score (nSPS) is 17.2. The quantitative estimate of drug-likeness (QED) is 0.865. The van der Waals surface area contributed by atoms with Gasteiger partial charge in [0.25, 0.3) is 0 Å². The minimum Gasteiger partial charge on any atom is -0.465 e. The van der Waals surface area contributed by atoms with Gasteiger partial charge in [0.15, 0.2) is 0 Å². The van der Waals surface area contributed by atoms with Crippen LogP contribution in [-0.2, 0) is 0 Å². The van der Waals surface area contributed by atoms with Crippen molar-refractivity contribution in [2.45, 2.75) is 6.42 Å². The van der Waals surface area contributed by atoms with Gasteiger partial charge in [0, 0.05) is 24.2 Å². The fourth-order valence-corrected chi connectivity index (χ4v) is 3.51. The molecule has 136 valence electrons. The SMILES string of the molecule is CN1CCC(CN(C(=O)O)c2ccccc2-c2cccc(C(N)=O)c2)C1. The number of anilines is 1. The second-order valence-corrected chi connectivity index (χ2v) is 6.77. The molecule has 6 heteroatoms. The topological polar surface area (TPSA) is 86.9 Å². The second kappa shape index (κ2) is 7.58. The summed E-state index contributed by atoms with van der Waals surface area (Å²) in [6, 6.07) is 14.3. The number of carboxylic acid groups (broad SMARTS) is 1. The number of primary amides is 1. The first-order valence-electron chi connectivity index (χ1n) is 8.64. The molecule has 6 nitrogen and oxygen atoms in total. The molecule has 0 radical (unpaired) electrons. The van der Waals surface area contributed by atoms with Crippen molar-refractivity contribution >= 4 is 17.7 Å². The highest BCUT2D eigenvalue weighted by atomic mass is 16.4. The average Bonchev–Trinajstić information content (AvgIpc) is 3.04. The van der Waals surface area contributed by atoms with E-state index in [-0.39, 0.29) is 0 Å². The lowest BCUT2D eigenvalue weighted by Gasteiger charge is -2.25. The van der Waals surface area contributed by atoms with Crippen LogP contribution < -0.4 is 10.6 Å². The highest BCUT2D eigenvalue weighted by molar-refractivity contribution is 5.96. The molecule has 1 aliphatic heterocycles. The van der Waals surface area contributed by atoms with Crippen molar-refractivity contribution in [2.24, 2.45) is 11.7 Å². The molecule has 2 aromatic carbocycles. The summed E-state index contributed by atoms with van der Waals surface area (Å²) < 4.78 is 0. The van der Waals surface area contributed by atoms with Crippen molar-refractivity contribution in [3.8, 4) is 11.1 Å². The minimum absolute atomic E-state index is 0.307. The molecule has 0 aromatic heterocycles. The lowest BCUT2D eigenvalue weighted by Crippen LogP contribution is -2.35. The van der Waals surface area contributed by atoms with Crippen LogP contribution in [0.4, 0.5) is 10.5 Å². The maximum absolute atomic E-state index is 12.0. The van der Waals surface area contributed by atoms with Crippen molar-refractivity contribution in [2.75, 3.05) is 31.6 Å². The number of hydrogen-bond donors (Lipinski definition) is 2. The Morgan fingerprint density at radius 3 is 2.65 bits per heavy atom. The number of carbonyl (C=O) groups excluding carboxylic acids is 1. The Balaban J connectivity index is 1.97. The van der Waals surface area contributed by atoms with Crippen LogP contribution in [0.5, 0.6) is 0 Å². The Bertz CT molecular complexity index is 821. The van der Waals surface area contributed by atoms with Gasteiger partial charge in [0.2, 0.25) is 5.91 Å².